The Morgan fingerprint density at radius 2 is 1.71 bits per heavy atom. The van der Waals surface area contributed by atoms with E-state index in [1.54, 1.807) is 0 Å². The molecule has 0 unspecified atom stereocenters. The predicted octanol–water partition coefficient (Wildman–Crippen LogP) is 3.59. The molecular formula is C21H34BNO5. The van der Waals surface area contributed by atoms with Crippen molar-refractivity contribution in [2.45, 2.75) is 78.6 Å². The van der Waals surface area contributed by atoms with E-state index in [1.807, 2.05) is 67.5 Å². The third kappa shape index (κ3) is 6.14. The highest BCUT2D eigenvalue weighted by atomic mass is 16.7. The Labute approximate surface area is 169 Å². The second-order valence-electron chi connectivity index (χ2n) is 9.30. The van der Waals surface area contributed by atoms with Gasteiger partial charge in [0, 0.05) is 6.54 Å². The van der Waals surface area contributed by atoms with Crippen molar-refractivity contribution in [3.05, 3.63) is 23.8 Å². The number of benzene rings is 1. The molecule has 0 saturated carbocycles. The summed E-state index contributed by atoms with van der Waals surface area (Å²) in [5.41, 5.74) is 0.770. The lowest BCUT2D eigenvalue weighted by Crippen LogP contribution is -2.41. The number of aryl methyl sites for hydroxylation is 1. The van der Waals surface area contributed by atoms with Gasteiger partial charge in [-0.25, -0.2) is 4.79 Å². The summed E-state index contributed by atoms with van der Waals surface area (Å²) in [5.74, 6) is 0.766. The first-order valence-electron chi connectivity index (χ1n) is 9.86. The fourth-order valence-corrected chi connectivity index (χ4v) is 2.74. The highest BCUT2D eigenvalue weighted by Crippen LogP contribution is 2.36. The molecule has 156 valence electrons. The number of carbonyl (C=O) groups is 1. The number of hydrogen-bond acceptors (Lipinski definition) is 5. The van der Waals surface area contributed by atoms with Crippen LogP contribution in [0.4, 0.5) is 4.79 Å². The van der Waals surface area contributed by atoms with E-state index < -0.39 is 18.8 Å². The Morgan fingerprint density at radius 1 is 1.11 bits per heavy atom. The van der Waals surface area contributed by atoms with Crippen molar-refractivity contribution in [1.29, 1.82) is 0 Å². The molecular weight excluding hydrogens is 357 g/mol. The van der Waals surface area contributed by atoms with Crippen LogP contribution in [0.25, 0.3) is 0 Å². The van der Waals surface area contributed by atoms with Gasteiger partial charge in [-0.15, -0.1) is 0 Å². The molecule has 1 heterocycles. The van der Waals surface area contributed by atoms with Crippen molar-refractivity contribution in [1.82, 2.24) is 5.32 Å². The molecule has 1 aliphatic heterocycles. The number of alkyl carbamates (subject to hydrolysis) is 1. The standard InChI is InChI=1S/C21H34BNO5/c1-15-12-16(22-27-20(5,6)21(7,8)28-22)14-17(13-15)25-11-9-10-23-18(24)26-19(2,3)4/h12-14H,9-11H2,1-8H3,(H,23,24). The van der Waals surface area contributed by atoms with Crippen LogP contribution in [-0.4, -0.2) is 43.2 Å². The van der Waals surface area contributed by atoms with Gasteiger partial charge < -0.3 is 24.1 Å². The highest BCUT2D eigenvalue weighted by Gasteiger charge is 2.51. The minimum atomic E-state index is -0.494. The lowest BCUT2D eigenvalue weighted by atomic mass is 9.78. The van der Waals surface area contributed by atoms with Crippen molar-refractivity contribution < 1.29 is 23.6 Å². The Bertz CT molecular complexity index is 681. The highest BCUT2D eigenvalue weighted by molar-refractivity contribution is 6.62. The number of rotatable bonds is 6. The van der Waals surface area contributed by atoms with E-state index in [4.69, 9.17) is 18.8 Å². The molecule has 1 N–H and O–H groups in total. The molecule has 1 saturated heterocycles. The van der Waals surface area contributed by atoms with Crippen LogP contribution >= 0.6 is 0 Å². The molecule has 0 spiro atoms. The monoisotopic (exact) mass is 391 g/mol. The van der Waals surface area contributed by atoms with Gasteiger partial charge in [0.2, 0.25) is 0 Å². The third-order valence-electron chi connectivity index (χ3n) is 4.86. The summed E-state index contributed by atoms with van der Waals surface area (Å²) in [4.78, 5) is 11.6. The molecule has 1 fully saturated rings. The number of carbonyl (C=O) groups excluding carboxylic acids is 1. The van der Waals surface area contributed by atoms with E-state index in [-0.39, 0.29) is 11.2 Å². The average Bonchev–Trinajstić information content (AvgIpc) is 2.73. The van der Waals surface area contributed by atoms with Gasteiger partial charge in [0.15, 0.2) is 0 Å². The Balaban J connectivity index is 1.86. The number of amides is 1. The zero-order valence-electron chi connectivity index (χ0n) is 18.5. The third-order valence-corrected chi connectivity index (χ3v) is 4.86. The fourth-order valence-electron chi connectivity index (χ4n) is 2.74. The maximum Gasteiger partial charge on any atom is 0.494 e. The lowest BCUT2D eigenvalue weighted by molar-refractivity contribution is 0.00578. The average molecular weight is 391 g/mol. The van der Waals surface area contributed by atoms with Crippen LogP contribution in [0.1, 0.15) is 60.5 Å². The minimum absolute atomic E-state index is 0.379. The van der Waals surface area contributed by atoms with Gasteiger partial charge >= 0.3 is 13.2 Å². The fraction of sp³-hybridized carbons (Fsp3) is 0.667. The van der Waals surface area contributed by atoms with Gasteiger partial charge in [0.05, 0.1) is 17.8 Å². The Hall–Kier alpha value is -1.73. The van der Waals surface area contributed by atoms with Crippen LogP contribution in [0, 0.1) is 6.92 Å². The Morgan fingerprint density at radius 3 is 2.29 bits per heavy atom. The molecule has 0 aliphatic carbocycles. The van der Waals surface area contributed by atoms with E-state index in [9.17, 15) is 4.79 Å². The zero-order chi connectivity index (χ0) is 21.2. The summed E-state index contributed by atoms with van der Waals surface area (Å²) in [5, 5.41) is 2.73. The molecule has 0 radical (unpaired) electrons. The number of hydrogen-bond donors (Lipinski definition) is 1. The second-order valence-corrected chi connectivity index (χ2v) is 9.30. The minimum Gasteiger partial charge on any atom is -0.494 e. The van der Waals surface area contributed by atoms with Gasteiger partial charge in [0.1, 0.15) is 11.4 Å². The molecule has 0 bridgehead atoms. The number of ether oxygens (including phenoxy) is 2. The van der Waals surface area contributed by atoms with Crippen LogP contribution in [0.3, 0.4) is 0 Å². The van der Waals surface area contributed by atoms with Crippen LogP contribution in [0.15, 0.2) is 18.2 Å². The molecule has 1 aliphatic rings. The lowest BCUT2D eigenvalue weighted by Gasteiger charge is -2.32. The van der Waals surface area contributed by atoms with Gasteiger partial charge in [-0.05, 0) is 85.0 Å². The van der Waals surface area contributed by atoms with Crippen molar-refractivity contribution in [2.75, 3.05) is 13.2 Å². The van der Waals surface area contributed by atoms with Crippen LogP contribution in [0.5, 0.6) is 5.75 Å². The molecule has 1 aromatic rings. The van der Waals surface area contributed by atoms with Crippen LogP contribution < -0.4 is 15.5 Å². The summed E-state index contributed by atoms with van der Waals surface area (Å²) in [6.45, 7) is 16.7. The van der Waals surface area contributed by atoms with E-state index in [2.05, 4.69) is 11.4 Å². The smallest absolute Gasteiger partial charge is 0.494 e. The molecule has 2 rings (SSSR count). The van der Waals surface area contributed by atoms with Crippen LogP contribution in [0.2, 0.25) is 0 Å². The first-order chi connectivity index (χ1) is 12.8. The van der Waals surface area contributed by atoms with Gasteiger partial charge in [-0.2, -0.15) is 0 Å². The van der Waals surface area contributed by atoms with Crippen molar-refractivity contribution in [2.24, 2.45) is 0 Å². The summed E-state index contributed by atoms with van der Waals surface area (Å²) >= 11 is 0. The summed E-state index contributed by atoms with van der Waals surface area (Å²) in [7, 11) is -0.416. The maximum absolute atomic E-state index is 11.6. The van der Waals surface area contributed by atoms with Gasteiger partial charge in [-0.1, -0.05) is 6.07 Å². The summed E-state index contributed by atoms with van der Waals surface area (Å²) in [6, 6.07) is 5.99. The maximum atomic E-state index is 11.6. The second kappa shape index (κ2) is 8.33. The SMILES string of the molecule is Cc1cc(OCCCNC(=O)OC(C)(C)C)cc(B2OC(C)(C)C(C)(C)O2)c1. The first kappa shape index (κ1) is 22.6. The summed E-state index contributed by atoms with van der Waals surface area (Å²) in [6.07, 6.45) is 0.269. The van der Waals surface area contributed by atoms with Gasteiger partial charge in [0.25, 0.3) is 0 Å². The van der Waals surface area contributed by atoms with E-state index in [0.717, 1.165) is 16.8 Å². The van der Waals surface area contributed by atoms with Crippen molar-refractivity contribution >= 4 is 18.7 Å². The zero-order valence-corrected chi connectivity index (χ0v) is 18.5. The molecule has 6 nitrogen and oxygen atoms in total. The molecule has 28 heavy (non-hydrogen) atoms. The normalized spacial score (nSPS) is 18.1. The topological polar surface area (TPSA) is 66.0 Å². The molecule has 0 aromatic heterocycles. The van der Waals surface area contributed by atoms with Crippen LogP contribution in [-0.2, 0) is 14.0 Å². The molecule has 7 heteroatoms. The van der Waals surface area contributed by atoms with E-state index in [1.165, 1.54) is 0 Å². The molecule has 1 amide bonds. The summed E-state index contributed by atoms with van der Waals surface area (Å²) < 4.78 is 23.3. The van der Waals surface area contributed by atoms with E-state index >= 15 is 0 Å². The Kier molecular flexibility index (Phi) is 6.72. The van der Waals surface area contributed by atoms with Crippen molar-refractivity contribution in [3.8, 4) is 5.75 Å². The largest absolute Gasteiger partial charge is 0.494 e. The predicted molar refractivity (Wildman–Crippen MR) is 111 cm³/mol. The van der Waals surface area contributed by atoms with E-state index in [0.29, 0.717) is 19.6 Å². The number of nitrogens with one attached hydrogen (secondary N) is 1. The molecule has 1 aromatic carbocycles. The first-order valence-corrected chi connectivity index (χ1v) is 9.86. The van der Waals surface area contributed by atoms with Gasteiger partial charge in [-0.3, -0.25) is 0 Å². The van der Waals surface area contributed by atoms with Crippen molar-refractivity contribution in [3.63, 3.8) is 0 Å². The molecule has 0 atom stereocenters. The quantitative estimate of drug-likeness (QED) is 0.593.